The highest BCUT2D eigenvalue weighted by molar-refractivity contribution is 5.94. The number of carboxylic acid groups (broad SMARTS) is 3. The van der Waals surface area contributed by atoms with Crippen molar-refractivity contribution < 1.29 is 100 Å². The summed E-state index contributed by atoms with van der Waals surface area (Å²) in [5, 5.41) is 56.6. The van der Waals surface area contributed by atoms with Gasteiger partial charge in [-0.3, -0.25) is 14.4 Å². The molecule has 0 bridgehead atoms. The summed E-state index contributed by atoms with van der Waals surface area (Å²) in [5.41, 5.74) is 0.561. The zero-order chi connectivity index (χ0) is 66.2. The summed E-state index contributed by atoms with van der Waals surface area (Å²) in [6, 6.07) is 3.16. The Balaban J connectivity index is -0.00000113. The van der Waals surface area contributed by atoms with E-state index >= 15 is 0 Å². The van der Waals surface area contributed by atoms with Crippen LogP contribution in [0.25, 0.3) is 0 Å². The molecular formula is C53H74F3N13O18. The predicted molar refractivity (Wildman–Crippen MR) is 293 cm³/mol. The number of carbonyl (C=O) groups excluding carboxylic acids is 12. The summed E-state index contributed by atoms with van der Waals surface area (Å²) in [7, 11) is 0. The number of aromatic nitrogens is 4. The van der Waals surface area contributed by atoms with Crippen LogP contribution in [0.4, 0.5) is 27.6 Å². The highest BCUT2D eigenvalue weighted by atomic mass is 18.2. The monoisotopic (exact) mass is 1230 g/mol. The third-order valence-corrected chi connectivity index (χ3v) is 10.7. The minimum Gasteiger partial charge on any atom is -0.480 e. The van der Waals surface area contributed by atoms with E-state index in [-0.39, 0.29) is 41.5 Å². The number of nitrogens with one attached hydrogen (secondary N) is 9. The van der Waals surface area contributed by atoms with Gasteiger partial charge in [0.05, 0.1) is 5.56 Å². The molecule has 0 aromatic carbocycles. The second-order valence-corrected chi connectivity index (χ2v) is 17.4. The maximum absolute atomic E-state index is 12.9. The largest absolute Gasteiger partial charge is 0.480 e. The summed E-state index contributed by atoms with van der Waals surface area (Å²) in [6.45, 7) is 8.08. The van der Waals surface area contributed by atoms with E-state index in [1.165, 1.54) is 30.6 Å². The van der Waals surface area contributed by atoms with Gasteiger partial charge in [-0.15, -0.1) is 10.2 Å². The molecule has 480 valence electrons. The molecule has 3 atom stereocenters. The molecule has 3 heterocycles. The van der Waals surface area contributed by atoms with Crippen molar-refractivity contribution in [2.45, 2.75) is 135 Å². The Bertz CT molecular complexity index is 2480. The van der Waals surface area contributed by atoms with Crippen LogP contribution in [0.3, 0.4) is 0 Å². The first-order chi connectivity index (χ1) is 41.5. The minimum absolute atomic E-state index is 0.0461. The Morgan fingerprint density at radius 3 is 1.08 bits per heavy atom. The molecule has 0 saturated carbocycles. The Morgan fingerprint density at radius 2 is 0.770 bits per heavy atom. The fourth-order valence-corrected chi connectivity index (χ4v) is 6.54. The Labute approximate surface area is 497 Å². The third-order valence-electron chi connectivity index (χ3n) is 10.7. The van der Waals surface area contributed by atoms with E-state index in [1.807, 2.05) is 20.8 Å². The first-order valence-corrected chi connectivity index (χ1v) is 26.9. The van der Waals surface area contributed by atoms with Crippen molar-refractivity contribution in [1.29, 1.82) is 0 Å². The van der Waals surface area contributed by atoms with Gasteiger partial charge in [0, 0.05) is 63.3 Å². The molecule has 3 aromatic heterocycles. The van der Waals surface area contributed by atoms with Crippen molar-refractivity contribution in [1.82, 2.24) is 68.0 Å². The Kier molecular flexibility index (Phi) is 50.3. The van der Waals surface area contributed by atoms with E-state index in [2.05, 4.69) is 68.0 Å². The van der Waals surface area contributed by atoms with E-state index in [1.54, 1.807) is 0 Å². The van der Waals surface area contributed by atoms with E-state index in [4.69, 9.17) is 44.1 Å². The third kappa shape index (κ3) is 46.1. The topological polar surface area (TPSA) is 477 Å². The number of pyridine rings is 2. The molecule has 0 saturated heterocycles. The zero-order valence-corrected chi connectivity index (χ0v) is 48.1. The normalized spacial score (nSPS) is 10.6. The first kappa shape index (κ1) is 81.2. The van der Waals surface area contributed by atoms with Crippen molar-refractivity contribution in [3.63, 3.8) is 0 Å². The van der Waals surface area contributed by atoms with Crippen LogP contribution in [0.2, 0.25) is 0 Å². The number of carbonyl (C=O) groups is 9. The van der Waals surface area contributed by atoms with Gasteiger partial charge in [-0.1, -0.05) is 40.0 Å². The lowest BCUT2D eigenvalue weighted by atomic mass is 10.2. The quantitative estimate of drug-likeness (QED) is 0.0308. The van der Waals surface area contributed by atoms with Gasteiger partial charge in [-0.2, -0.15) is 41.9 Å². The molecule has 0 aliphatic heterocycles. The number of carboxylic acids is 3. The van der Waals surface area contributed by atoms with Crippen LogP contribution >= 0.6 is 0 Å². The highest BCUT2D eigenvalue weighted by Crippen LogP contribution is 2.04. The van der Waals surface area contributed by atoms with Crippen molar-refractivity contribution in [2.24, 2.45) is 0 Å². The zero-order valence-electron chi connectivity index (χ0n) is 48.1. The van der Waals surface area contributed by atoms with E-state index in [9.17, 15) is 56.3 Å². The van der Waals surface area contributed by atoms with Crippen LogP contribution in [-0.4, -0.2) is 165 Å². The lowest BCUT2D eigenvalue weighted by Crippen LogP contribution is -2.46. The number of urea groups is 3. The molecule has 3 aromatic rings. The van der Waals surface area contributed by atoms with Gasteiger partial charge in [0.15, 0.2) is 5.69 Å². The molecule has 9 amide bonds. The van der Waals surface area contributed by atoms with Crippen LogP contribution in [0.5, 0.6) is 0 Å². The molecule has 34 heteroatoms. The summed E-state index contributed by atoms with van der Waals surface area (Å²) in [6.07, 6.45) is 12.8. The number of hydrogen-bond donors (Lipinski definition) is 12. The van der Waals surface area contributed by atoms with Crippen molar-refractivity contribution in [3.05, 3.63) is 83.5 Å². The maximum Gasteiger partial charge on any atom is 0.373 e. The average molecular weight is 1240 g/mol. The minimum atomic E-state index is -1.05. The Hall–Kier alpha value is -10.1. The number of hydrogen-bond acceptors (Lipinski definition) is 19. The van der Waals surface area contributed by atoms with Crippen LogP contribution < -0.4 is 47.9 Å². The van der Waals surface area contributed by atoms with Crippen LogP contribution in [0.15, 0.2) is 48.8 Å². The maximum atomic E-state index is 12.9. The molecule has 0 aliphatic carbocycles. The predicted octanol–water partition coefficient (Wildman–Crippen LogP) is 2.66. The molecule has 0 fully saturated rings. The molecule has 12 N–H and O–H groups in total. The van der Waals surface area contributed by atoms with Gasteiger partial charge < -0.3 is 63.2 Å². The lowest BCUT2D eigenvalue weighted by Gasteiger charge is -2.14. The molecule has 0 aliphatic rings. The van der Waals surface area contributed by atoms with Gasteiger partial charge in [0.2, 0.25) is 17.8 Å². The van der Waals surface area contributed by atoms with Gasteiger partial charge in [-0.05, 0) is 107 Å². The fraction of sp³-hybridized carbons (Fsp3) is 0.509. The lowest BCUT2D eigenvalue weighted by molar-refractivity contribution is -0.193. The number of nitrogens with zero attached hydrogens (tertiary/aromatic N) is 4. The summed E-state index contributed by atoms with van der Waals surface area (Å²) < 4.78 is 38.2. The summed E-state index contributed by atoms with van der Waals surface area (Å²) in [4.78, 5) is 158. The van der Waals surface area contributed by atoms with Gasteiger partial charge in [0.1, 0.15) is 18.1 Å². The van der Waals surface area contributed by atoms with Gasteiger partial charge >= 0.3 is 54.5 Å². The van der Waals surface area contributed by atoms with E-state index in [0.29, 0.717) is 115 Å². The molecule has 87 heavy (non-hydrogen) atoms. The summed E-state index contributed by atoms with van der Waals surface area (Å²) in [5.74, 6) is -6.34. The highest BCUT2D eigenvalue weighted by Gasteiger charge is 2.20. The second-order valence-electron chi connectivity index (χ2n) is 17.4. The molecule has 0 spiro atoms. The van der Waals surface area contributed by atoms with Crippen molar-refractivity contribution in [3.8, 4) is 0 Å². The van der Waals surface area contributed by atoms with Crippen molar-refractivity contribution in [2.75, 3.05) is 39.3 Å². The van der Waals surface area contributed by atoms with E-state index in [0.717, 1.165) is 43.9 Å². The van der Waals surface area contributed by atoms with Crippen LogP contribution in [0, 0.1) is 17.8 Å². The standard InChI is InChI=1S/2C17H25FN4O4.C16H24FN5O4.3CO2/c1-2-6-13(16(24)25)22-17(26)20-10-5-3-4-9-19-15(23)12-7-8-14(18)21-11-12;1-2-6-13(16(24)25)22-17(26)21-9-5-3-4-8-20-15(23)12-7-10-19-14(18)11-12;1-2-6-12(15(24)25)20-16(26)19-10-5-3-4-9-18-14(23)11-7-8-13(17)22-21-11;3*2-1-3/h7-8,11,13H,2-6,9-10H2,1H3,(H,19,23)(H,24,25)(H2,20,22,26);7,10-11,13H,2-6,8-9H2,1H3,(H,20,23)(H,24,25)(H2,21,22,26);7-8,12H,2-6,9-10H2,1H3,(H,18,23)(H,24,25)(H2,19,20,26);;;/t2*13-;12-;;;/m000.../s1/i2*18-1;17-1;;;. The second kappa shape index (κ2) is 53.9. The SMILES string of the molecule is CCC[C@H](NC(=O)NCCCCCNC(=O)c1ccc([18F])nc1)C(=O)O.CCC[C@H](NC(=O)NCCCCCNC(=O)c1ccc([18F])nn1)C(=O)O.CCC[C@H](NC(=O)NCCCCCNC(=O)c1ccnc([18F])c1)C(=O)O.O=C=O.O=C=O.O=C=O. The molecule has 0 radical (unpaired) electrons. The van der Waals surface area contributed by atoms with E-state index < -0.39 is 77.9 Å². The molecule has 31 nitrogen and oxygen atoms in total. The number of aliphatic carboxylic acids is 3. The number of halogens is 3. The van der Waals surface area contributed by atoms with Crippen LogP contribution in [0.1, 0.15) is 148 Å². The van der Waals surface area contributed by atoms with Gasteiger partial charge in [-0.25, -0.2) is 38.7 Å². The Morgan fingerprint density at radius 1 is 0.425 bits per heavy atom. The fourth-order valence-electron chi connectivity index (χ4n) is 6.54. The first-order valence-electron chi connectivity index (χ1n) is 26.9. The average Bonchev–Trinajstić information content (AvgIpc) is 3.64. The molecular weight excluding hydrogens is 1160 g/mol. The number of amides is 9. The summed E-state index contributed by atoms with van der Waals surface area (Å²) >= 11 is 0. The number of rotatable bonds is 33. The molecule has 0 unspecified atom stereocenters. The molecule has 3 rings (SSSR count). The smallest absolute Gasteiger partial charge is 0.373 e. The van der Waals surface area contributed by atoms with Gasteiger partial charge in [0.25, 0.3) is 17.7 Å². The van der Waals surface area contributed by atoms with Crippen molar-refractivity contribution >= 4 is 72.2 Å². The van der Waals surface area contributed by atoms with Crippen LogP contribution in [-0.2, 0) is 43.2 Å². The number of unbranched alkanes of at least 4 members (excludes halogenated alkanes) is 6.